The number of guanidine groups is 1. The van der Waals surface area contributed by atoms with E-state index in [9.17, 15) is 4.79 Å². The fourth-order valence-corrected chi connectivity index (χ4v) is 3.75. The summed E-state index contributed by atoms with van der Waals surface area (Å²) in [6, 6.07) is 7.69. The van der Waals surface area contributed by atoms with Gasteiger partial charge >= 0.3 is 0 Å². The number of hydrogen-bond acceptors (Lipinski definition) is 2. The largest absolute Gasteiger partial charge is 0.357 e. The summed E-state index contributed by atoms with van der Waals surface area (Å²) in [7, 11) is 1.65. The Hall–Kier alpha value is -1.31. The number of benzene rings is 1. The van der Waals surface area contributed by atoms with Crippen LogP contribution in [0.4, 0.5) is 0 Å². The lowest BCUT2D eigenvalue weighted by atomic mass is 9.68. The van der Waals surface area contributed by atoms with Gasteiger partial charge in [0.1, 0.15) is 0 Å². The number of nitrogens with zero attached hydrogens (tertiary/aromatic N) is 2. The first-order chi connectivity index (χ1) is 11.7. The van der Waals surface area contributed by atoms with Crippen molar-refractivity contribution in [3.63, 3.8) is 0 Å². The molecule has 0 atom stereocenters. The molecule has 1 aromatic rings. The molecule has 0 bridgehead atoms. The van der Waals surface area contributed by atoms with Gasteiger partial charge in [-0.05, 0) is 49.3 Å². The highest BCUT2D eigenvalue weighted by Gasteiger charge is 2.43. The molecule has 0 unspecified atom stereocenters. The molecule has 1 saturated heterocycles. The van der Waals surface area contributed by atoms with Gasteiger partial charge in [0, 0.05) is 32.2 Å². The van der Waals surface area contributed by atoms with Crippen LogP contribution in [0.25, 0.3) is 0 Å². The third-order valence-electron chi connectivity index (χ3n) is 5.31. The molecule has 6 heteroatoms. The third kappa shape index (κ3) is 4.65. The summed E-state index contributed by atoms with van der Waals surface area (Å²) >= 11 is 0. The summed E-state index contributed by atoms with van der Waals surface area (Å²) < 4.78 is 0. The van der Waals surface area contributed by atoms with Crippen LogP contribution in [0, 0.1) is 5.41 Å². The Bertz CT molecular complexity index is 628. The van der Waals surface area contributed by atoms with Crippen molar-refractivity contribution in [3.8, 4) is 0 Å². The van der Waals surface area contributed by atoms with Crippen LogP contribution < -0.4 is 10.6 Å². The summed E-state index contributed by atoms with van der Waals surface area (Å²) in [4.78, 5) is 19.0. The van der Waals surface area contributed by atoms with E-state index in [1.54, 1.807) is 7.05 Å². The lowest BCUT2D eigenvalue weighted by Crippen LogP contribution is -2.42. The minimum atomic E-state index is -0.0563. The van der Waals surface area contributed by atoms with E-state index in [0.29, 0.717) is 17.5 Å². The number of carbonyl (C=O) groups is 1. The molecule has 1 aliphatic carbocycles. The predicted molar refractivity (Wildman–Crippen MR) is 113 cm³/mol. The van der Waals surface area contributed by atoms with Crippen LogP contribution in [0.3, 0.4) is 0 Å². The summed E-state index contributed by atoms with van der Waals surface area (Å²) in [6.45, 7) is 5.81. The molecule has 5 nitrogen and oxygen atoms in total. The predicted octanol–water partition coefficient (Wildman–Crippen LogP) is 3.01. The fraction of sp³-hybridized carbons (Fsp3) is 0.579. The standard InChI is InChI=1S/C19H28N4O.HI/c1-3-21-18(23-11-10-19(14-23)8-5-9-19)22-13-15-6-4-7-16(12-15)17(24)20-2;/h4,6-7,12H,3,5,8-11,13-14H2,1-2H3,(H,20,24)(H,21,22);1H. The molecule has 1 aromatic carbocycles. The zero-order chi connectivity index (χ0) is 17.0. The number of nitrogens with one attached hydrogen (secondary N) is 2. The number of amides is 1. The first kappa shape index (κ1) is 20.0. The summed E-state index contributed by atoms with van der Waals surface area (Å²) in [5, 5.41) is 6.09. The normalized spacial score (nSPS) is 18.5. The number of aliphatic imine (C=N–C) groups is 1. The van der Waals surface area contributed by atoms with Crippen LogP contribution in [0.2, 0.25) is 0 Å². The van der Waals surface area contributed by atoms with Crippen LogP contribution >= 0.6 is 24.0 Å². The van der Waals surface area contributed by atoms with Crippen LogP contribution in [-0.4, -0.2) is 43.4 Å². The number of rotatable bonds is 4. The zero-order valence-electron chi connectivity index (χ0n) is 15.2. The number of likely N-dealkylation sites (tertiary alicyclic amines) is 1. The Morgan fingerprint density at radius 1 is 1.32 bits per heavy atom. The minimum absolute atomic E-state index is 0. The molecule has 3 rings (SSSR count). The summed E-state index contributed by atoms with van der Waals surface area (Å²) in [5.41, 5.74) is 2.31. The van der Waals surface area contributed by atoms with E-state index in [-0.39, 0.29) is 29.9 Å². The Morgan fingerprint density at radius 2 is 2.12 bits per heavy atom. The molecule has 1 heterocycles. The van der Waals surface area contributed by atoms with Gasteiger partial charge in [0.15, 0.2) is 5.96 Å². The van der Waals surface area contributed by atoms with Crippen molar-refractivity contribution >= 4 is 35.8 Å². The van der Waals surface area contributed by atoms with E-state index in [0.717, 1.165) is 31.2 Å². The fourth-order valence-electron chi connectivity index (χ4n) is 3.75. The number of hydrogen-bond donors (Lipinski definition) is 2. The second-order valence-electron chi connectivity index (χ2n) is 6.97. The molecule has 0 aromatic heterocycles. The van der Waals surface area contributed by atoms with Crippen molar-refractivity contribution in [2.24, 2.45) is 10.4 Å². The quantitative estimate of drug-likeness (QED) is 0.416. The Labute approximate surface area is 167 Å². The Kier molecular flexibility index (Phi) is 7.10. The maximum Gasteiger partial charge on any atom is 0.251 e. The number of halogens is 1. The molecule has 0 radical (unpaired) electrons. The minimum Gasteiger partial charge on any atom is -0.357 e. The summed E-state index contributed by atoms with van der Waals surface area (Å²) in [6.07, 6.45) is 5.42. The van der Waals surface area contributed by atoms with E-state index in [4.69, 9.17) is 4.99 Å². The van der Waals surface area contributed by atoms with E-state index in [1.165, 1.54) is 25.7 Å². The molecule has 2 fully saturated rings. The molecular weight excluding hydrogens is 427 g/mol. The van der Waals surface area contributed by atoms with Crippen LogP contribution in [-0.2, 0) is 6.54 Å². The van der Waals surface area contributed by atoms with Gasteiger partial charge in [-0.1, -0.05) is 18.6 Å². The first-order valence-electron chi connectivity index (χ1n) is 9.00. The molecule has 1 aliphatic heterocycles. The summed E-state index contributed by atoms with van der Waals surface area (Å²) in [5.74, 6) is 0.950. The highest BCUT2D eigenvalue weighted by molar-refractivity contribution is 14.0. The molecule has 1 amide bonds. The van der Waals surface area contributed by atoms with Crippen LogP contribution in [0.1, 0.15) is 48.5 Å². The van der Waals surface area contributed by atoms with Crippen molar-refractivity contribution < 1.29 is 4.79 Å². The van der Waals surface area contributed by atoms with Crippen molar-refractivity contribution in [3.05, 3.63) is 35.4 Å². The smallest absolute Gasteiger partial charge is 0.251 e. The highest BCUT2D eigenvalue weighted by atomic mass is 127. The van der Waals surface area contributed by atoms with E-state index in [2.05, 4.69) is 22.5 Å². The van der Waals surface area contributed by atoms with Gasteiger partial charge in [-0.3, -0.25) is 4.79 Å². The van der Waals surface area contributed by atoms with Crippen LogP contribution in [0.5, 0.6) is 0 Å². The lowest BCUT2D eigenvalue weighted by molar-refractivity contribution is 0.0963. The van der Waals surface area contributed by atoms with Gasteiger partial charge in [-0.2, -0.15) is 0 Å². The van der Waals surface area contributed by atoms with Crippen molar-refractivity contribution in [1.29, 1.82) is 0 Å². The van der Waals surface area contributed by atoms with Gasteiger partial charge in [0.25, 0.3) is 5.91 Å². The lowest BCUT2D eigenvalue weighted by Gasteiger charge is -2.38. The molecule has 2 aliphatic rings. The monoisotopic (exact) mass is 456 g/mol. The van der Waals surface area contributed by atoms with Gasteiger partial charge in [0.05, 0.1) is 6.54 Å². The first-order valence-corrected chi connectivity index (χ1v) is 9.00. The van der Waals surface area contributed by atoms with Gasteiger partial charge in [0.2, 0.25) is 0 Å². The van der Waals surface area contributed by atoms with Gasteiger partial charge in [-0.25, -0.2) is 4.99 Å². The number of carbonyl (C=O) groups excluding carboxylic acids is 1. The molecule has 25 heavy (non-hydrogen) atoms. The molecule has 2 N–H and O–H groups in total. The Balaban J connectivity index is 0.00000225. The average molecular weight is 456 g/mol. The topological polar surface area (TPSA) is 56.7 Å². The van der Waals surface area contributed by atoms with E-state index >= 15 is 0 Å². The maximum atomic E-state index is 11.8. The SMILES string of the molecule is CCNC(=NCc1cccc(C(=O)NC)c1)N1CCC2(CCC2)C1.I. The molecule has 1 saturated carbocycles. The average Bonchev–Trinajstić information content (AvgIpc) is 3.04. The van der Waals surface area contributed by atoms with Gasteiger partial charge in [-0.15, -0.1) is 24.0 Å². The van der Waals surface area contributed by atoms with Crippen LogP contribution in [0.15, 0.2) is 29.3 Å². The van der Waals surface area contributed by atoms with Crippen molar-refractivity contribution in [1.82, 2.24) is 15.5 Å². The molecule has 1 spiro atoms. The van der Waals surface area contributed by atoms with Crippen molar-refractivity contribution in [2.45, 2.75) is 39.2 Å². The third-order valence-corrected chi connectivity index (χ3v) is 5.31. The second-order valence-corrected chi connectivity index (χ2v) is 6.97. The Morgan fingerprint density at radius 3 is 2.72 bits per heavy atom. The molecule has 138 valence electrons. The maximum absolute atomic E-state index is 11.8. The van der Waals surface area contributed by atoms with Gasteiger partial charge < -0.3 is 15.5 Å². The van der Waals surface area contributed by atoms with E-state index < -0.39 is 0 Å². The zero-order valence-corrected chi connectivity index (χ0v) is 17.5. The highest BCUT2D eigenvalue weighted by Crippen LogP contribution is 2.47. The molecular formula is C19H29IN4O. The second kappa shape index (κ2) is 8.87. The van der Waals surface area contributed by atoms with E-state index in [1.807, 2.05) is 24.3 Å². The van der Waals surface area contributed by atoms with Crippen molar-refractivity contribution in [2.75, 3.05) is 26.7 Å².